The fourth-order valence-electron chi connectivity index (χ4n) is 1.12. The van der Waals surface area contributed by atoms with E-state index in [1.807, 2.05) is 11.4 Å². The minimum Gasteiger partial charge on any atom is -0.396 e. The summed E-state index contributed by atoms with van der Waals surface area (Å²) in [6.07, 6.45) is 1.72. The Hall–Kier alpha value is 0.1000. The number of aliphatic hydroxyl groups is 2. The van der Waals surface area contributed by atoms with Gasteiger partial charge < -0.3 is 10.2 Å². The van der Waals surface area contributed by atoms with Gasteiger partial charge in [0.2, 0.25) is 0 Å². The normalized spacial score (nSPS) is 13.2. The summed E-state index contributed by atoms with van der Waals surface area (Å²) in [6, 6.07) is 2.02. The van der Waals surface area contributed by atoms with E-state index in [1.165, 1.54) is 4.88 Å². The van der Waals surface area contributed by atoms with E-state index >= 15 is 0 Å². The molecule has 0 aliphatic heterocycles. The highest BCUT2D eigenvalue weighted by Crippen LogP contribution is 2.21. The van der Waals surface area contributed by atoms with Gasteiger partial charge >= 0.3 is 0 Å². The van der Waals surface area contributed by atoms with Crippen molar-refractivity contribution in [2.24, 2.45) is 0 Å². The highest BCUT2D eigenvalue weighted by Gasteiger charge is 2.06. The van der Waals surface area contributed by atoms with Gasteiger partial charge in [0, 0.05) is 27.8 Å². The van der Waals surface area contributed by atoms with Crippen molar-refractivity contribution in [1.82, 2.24) is 0 Å². The van der Waals surface area contributed by atoms with E-state index in [0.717, 1.165) is 4.47 Å². The quantitative estimate of drug-likeness (QED) is 0.856. The number of thiophene rings is 1. The van der Waals surface area contributed by atoms with Crippen LogP contribution < -0.4 is 0 Å². The molecule has 2 nitrogen and oxygen atoms in total. The zero-order chi connectivity index (χ0) is 9.68. The van der Waals surface area contributed by atoms with E-state index in [4.69, 9.17) is 5.11 Å². The van der Waals surface area contributed by atoms with E-state index in [0.29, 0.717) is 19.3 Å². The van der Waals surface area contributed by atoms with Crippen molar-refractivity contribution in [3.8, 4) is 0 Å². The second kappa shape index (κ2) is 5.75. The average Bonchev–Trinajstić information content (AvgIpc) is 2.48. The van der Waals surface area contributed by atoms with Crippen molar-refractivity contribution in [3.63, 3.8) is 0 Å². The first-order valence-electron chi connectivity index (χ1n) is 4.24. The maximum atomic E-state index is 9.52. The lowest BCUT2D eigenvalue weighted by atomic mass is 10.1. The molecule has 1 unspecified atom stereocenters. The zero-order valence-corrected chi connectivity index (χ0v) is 9.64. The van der Waals surface area contributed by atoms with Crippen molar-refractivity contribution in [2.75, 3.05) is 6.61 Å². The highest BCUT2D eigenvalue weighted by atomic mass is 79.9. The van der Waals surface area contributed by atoms with Crippen molar-refractivity contribution >= 4 is 27.3 Å². The van der Waals surface area contributed by atoms with Crippen LogP contribution >= 0.6 is 27.3 Å². The lowest BCUT2D eigenvalue weighted by molar-refractivity contribution is 0.150. The maximum absolute atomic E-state index is 9.52. The first-order valence-corrected chi connectivity index (χ1v) is 5.91. The van der Waals surface area contributed by atoms with Crippen molar-refractivity contribution in [2.45, 2.75) is 25.4 Å². The highest BCUT2D eigenvalue weighted by molar-refractivity contribution is 9.10. The van der Waals surface area contributed by atoms with Crippen LogP contribution in [0.4, 0.5) is 0 Å². The van der Waals surface area contributed by atoms with Crippen LogP contribution in [-0.2, 0) is 6.42 Å². The van der Waals surface area contributed by atoms with Gasteiger partial charge in [-0.3, -0.25) is 0 Å². The summed E-state index contributed by atoms with van der Waals surface area (Å²) in [5.41, 5.74) is 0. The maximum Gasteiger partial charge on any atom is 0.0589 e. The first-order chi connectivity index (χ1) is 6.22. The zero-order valence-electron chi connectivity index (χ0n) is 7.24. The predicted molar refractivity (Wildman–Crippen MR) is 58.0 cm³/mol. The molecule has 1 aromatic heterocycles. The van der Waals surface area contributed by atoms with E-state index in [-0.39, 0.29) is 12.7 Å². The first kappa shape index (κ1) is 11.2. The van der Waals surface area contributed by atoms with Gasteiger partial charge in [0.05, 0.1) is 6.10 Å². The summed E-state index contributed by atoms with van der Waals surface area (Å²) in [5.74, 6) is 0. The fourth-order valence-corrected chi connectivity index (χ4v) is 2.65. The average molecular weight is 265 g/mol. The molecule has 1 aromatic rings. The largest absolute Gasteiger partial charge is 0.396 e. The third-order valence-corrected chi connectivity index (χ3v) is 3.47. The second-order valence-corrected chi connectivity index (χ2v) is 4.87. The van der Waals surface area contributed by atoms with Gasteiger partial charge in [-0.15, -0.1) is 11.3 Å². The summed E-state index contributed by atoms with van der Waals surface area (Å²) >= 11 is 5.01. The van der Waals surface area contributed by atoms with Crippen LogP contribution in [0.15, 0.2) is 15.9 Å². The minimum atomic E-state index is -0.322. The van der Waals surface area contributed by atoms with Gasteiger partial charge in [-0.2, -0.15) is 0 Å². The van der Waals surface area contributed by atoms with Gasteiger partial charge in [0.1, 0.15) is 0 Å². The molecule has 0 aromatic carbocycles. The molecule has 0 amide bonds. The Kier molecular flexibility index (Phi) is 4.94. The molecule has 0 aliphatic carbocycles. The number of hydrogen-bond donors (Lipinski definition) is 2. The molecule has 0 bridgehead atoms. The standard InChI is InChI=1S/C9H13BrO2S/c10-7-4-9(13-6-7)5-8(12)2-1-3-11/h4,6,8,11-12H,1-3,5H2. The second-order valence-electron chi connectivity index (χ2n) is 2.96. The molecule has 0 spiro atoms. The fraction of sp³-hybridized carbons (Fsp3) is 0.556. The summed E-state index contributed by atoms with van der Waals surface area (Å²) < 4.78 is 1.07. The third-order valence-electron chi connectivity index (χ3n) is 1.75. The van der Waals surface area contributed by atoms with Gasteiger partial charge in [-0.25, -0.2) is 0 Å². The number of hydrogen-bond acceptors (Lipinski definition) is 3. The van der Waals surface area contributed by atoms with Crippen LogP contribution in [0.3, 0.4) is 0 Å². The molecule has 1 atom stereocenters. The van der Waals surface area contributed by atoms with Crippen LogP contribution in [0.1, 0.15) is 17.7 Å². The van der Waals surface area contributed by atoms with E-state index < -0.39 is 0 Å². The van der Waals surface area contributed by atoms with Crippen LogP contribution in [0.2, 0.25) is 0 Å². The summed E-state index contributed by atoms with van der Waals surface area (Å²) in [7, 11) is 0. The van der Waals surface area contributed by atoms with Crippen LogP contribution in [-0.4, -0.2) is 22.9 Å². The van der Waals surface area contributed by atoms with E-state index in [1.54, 1.807) is 11.3 Å². The molecule has 0 saturated carbocycles. The summed E-state index contributed by atoms with van der Waals surface area (Å²) in [5, 5.41) is 20.1. The van der Waals surface area contributed by atoms with E-state index in [2.05, 4.69) is 15.9 Å². The van der Waals surface area contributed by atoms with Crippen LogP contribution in [0, 0.1) is 0 Å². The Bertz CT molecular complexity index is 250. The van der Waals surface area contributed by atoms with Gasteiger partial charge in [0.25, 0.3) is 0 Å². The Morgan fingerprint density at radius 3 is 2.85 bits per heavy atom. The minimum absolute atomic E-state index is 0.158. The van der Waals surface area contributed by atoms with Crippen molar-refractivity contribution in [3.05, 3.63) is 20.8 Å². The molecule has 0 saturated heterocycles. The number of rotatable bonds is 5. The molecular weight excluding hydrogens is 252 g/mol. The smallest absolute Gasteiger partial charge is 0.0589 e. The molecule has 1 rings (SSSR count). The van der Waals surface area contributed by atoms with E-state index in [9.17, 15) is 5.11 Å². The predicted octanol–water partition coefficient (Wildman–Crippen LogP) is 2.19. The summed E-state index contributed by atoms with van der Waals surface area (Å²) in [4.78, 5) is 1.18. The van der Waals surface area contributed by atoms with Gasteiger partial charge in [-0.1, -0.05) is 0 Å². The monoisotopic (exact) mass is 264 g/mol. The van der Waals surface area contributed by atoms with Crippen molar-refractivity contribution < 1.29 is 10.2 Å². The topological polar surface area (TPSA) is 40.5 Å². The van der Waals surface area contributed by atoms with Gasteiger partial charge in [-0.05, 0) is 34.8 Å². The van der Waals surface area contributed by atoms with Crippen LogP contribution in [0.25, 0.3) is 0 Å². The molecule has 0 fully saturated rings. The Balaban J connectivity index is 2.31. The lowest BCUT2D eigenvalue weighted by Gasteiger charge is -2.06. The molecule has 0 radical (unpaired) electrons. The van der Waals surface area contributed by atoms with Crippen LogP contribution in [0.5, 0.6) is 0 Å². The molecule has 4 heteroatoms. The molecule has 74 valence electrons. The number of halogens is 1. The third kappa shape index (κ3) is 4.22. The Morgan fingerprint density at radius 2 is 2.31 bits per heavy atom. The molecular formula is C9H13BrO2S. The molecule has 1 heterocycles. The SMILES string of the molecule is OCCCC(O)Cc1cc(Br)cs1. The molecule has 13 heavy (non-hydrogen) atoms. The number of aliphatic hydroxyl groups excluding tert-OH is 2. The Labute approximate surface area is 90.4 Å². The molecule has 2 N–H and O–H groups in total. The lowest BCUT2D eigenvalue weighted by Crippen LogP contribution is -2.09. The molecule has 0 aliphatic rings. The Morgan fingerprint density at radius 1 is 1.54 bits per heavy atom. The van der Waals surface area contributed by atoms with Crippen molar-refractivity contribution in [1.29, 1.82) is 0 Å². The van der Waals surface area contributed by atoms with Gasteiger partial charge in [0.15, 0.2) is 0 Å². The summed E-state index contributed by atoms with van der Waals surface area (Å²) in [6.45, 7) is 0.158.